The highest BCUT2D eigenvalue weighted by Gasteiger charge is 2.26. The minimum atomic E-state index is -3.78. The van der Waals surface area contributed by atoms with E-state index >= 15 is 0 Å². The number of aromatic nitrogens is 2. The summed E-state index contributed by atoms with van der Waals surface area (Å²) in [4.78, 5) is 29.5. The van der Waals surface area contributed by atoms with Gasteiger partial charge in [-0.3, -0.25) is 9.36 Å². The number of H-pyrrole nitrogens is 1. The Labute approximate surface area is 184 Å². The number of aromatic amines is 1. The number of amides is 1. The molecule has 2 aromatic carbocycles. The van der Waals surface area contributed by atoms with E-state index in [9.17, 15) is 18.0 Å². The minimum Gasteiger partial charge on any atom is -0.343 e. The van der Waals surface area contributed by atoms with E-state index in [2.05, 4.69) is 9.71 Å². The number of fused-ring (bicyclic) bond motifs is 1. The SMILES string of the molecule is O=C(CCNS(=O)(=O)c1ccccc1Cl)N1CCC(n2c(=O)[nH]c3ccccc32)CC1. The van der Waals surface area contributed by atoms with Crippen molar-refractivity contribution >= 4 is 38.6 Å². The summed E-state index contributed by atoms with van der Waals surface area (Å²) in [5.41, 5.74) is 1.53. The van der Waals surface area contributed by atoms with Gasteiger partial charge in [0.25, 0.3) is 0 Å². The van der Waals surface area contributed by atoms with Gasteiger partial charge in [0.05, 0.1) is 16.1 Å². The van der Waals surface area contributed by atoms with Crippen LogP contribution >= 0.6 is 11.6 Å². The molecule has 0 saturated carbocycles. The van der Waals surface area contributed by atoms with E-state index < -0.39 is 10.0 Å². The zero-order valence-corrected chi connectivity index (χ0v) is 18.3. The Hall–Kier alpha value is -2.62. The van der Waals surface area contributed by atoms with Gasteiger partial charge in [0.2, 0.25) is 15.9 Å². The topological polar surface area (TPSA) is 104 Å². The van der Waals surface area contributed by atoms with Crippen LogP contribution in [0.5, 0.6) is 0 Å². The Kier molecular flexibility index (Phi) is 6.17. The molecule has 1 saturated heterocycles. The number of carbonyl (C=O) groups is 1. The molecule has 0 bridgehead atoms. The molecule has 164 valence electrons. The quantitative estimate of drug-likeness (QED) is 0.587. The van der Waals surface area contributed by atoms with Gasteiger partial charge in [-0.15, -0.1) is 0 Å². The fourth-order valence-corrected chi connectivity index (χ4v) is 5.55. The Morgan fingerprint density at radius 3 is 2.52 bits per heavy atom. The summed E-state index contributed by atoms with van der Waals surface area (Å²) in [5, 5.41) is 0.135. The maximum atomic E-state index is 12.6. The number of halogens is 1. The molecule has 4 rings (SSSR count). The molecule has 0 aliphatic carbocycles. The number of hydrogen-bond acceptors (Lipinski definition) is 4. The number of likely N-dealkylation sites (tertiary alicyclic amines) is 1. The summed E-state index contributed by atoms with van der Waals surface area (Å²) in [6.45, 7) is 1.04. The lowest BCUT2D eigenvalue weighted by Crippen LogP contribution is -2.41. The third-order valence-electron chi connectivity index (χ3n) is 5.56. The number of benzene rings is 2. The summed E-state index contributed by atoms with van der Waals surface area (Å²) >= 11 is 5.95. The summed E-state index contributed by atoms with van der Waals surface area (Å²) in [6.07, 6.45) is 1.39. The van der Waals surface area contributed by atoms with E-state index in [-0.39, 0.29) is 40.5 Å². The molecule has 1 fully saturated rings. The Morgan fingerprint density at radius 2 is 1.77 bits per heavy atom. The van der Waals surface area contributed by atoms with E-state index in [1.165, 1.54) is 12.1 Å². The van der Waals surface area contributed by atoms with E-state index in [0.29, 0.717) is 25.9 Å². The first-order valence-corrected chi connectivity index (χ1v) is 11.9. The Balaban J connectivity index is 1.32. The van der Waals surface area contributed by atoms with Crippen molar-refractivity contribution in [1.82, 2.24) is 19.2 Å². The molecule has 0 unspecified atom stereocenters. The van der Waals surface area contributed by atoms with Gasteiger partial charge in [-0.25, -0.2) is 17.9 Å². The Bertz CT molecular complexity index is 1260. The molecule has 0 atom stereocenters. The van der Waals surface area contributed by atoms with Gasteiger partial charge in [0.15, 0.2) is 0 Å². The number of para-hydroxylation sites is 2. The maximum Gasteiger partial charge on any atom is 0.326 e. The van der Waals surface area contributed by atoms with Crippen LogP contribution in [0.1, 0.15) is 25.3 Å². The second kappa shape index (κ2) is 8.86. The summed E-state index contributed by atoms with van der Waals surface area (Å²) in [6, 6.07) is 13.7. The number of piperidine rings is 1. The van der Waals surface area contributed by atoms with Crippen LogP contribution in [-0.2, 0) is 14.8 Å². The van der Waals surface area contributed by atoms with E-state index in [4.69, 9.17) is 11.6 Å². The Morgan fingerprint density at radius 1 is 1.10 bits per heavy atom. The molecular formula is C21H23ClN4O4S. The van der Waals surface area contributed by atoms with Crippen LogP contribution in [0.3, 0.4) is 0 Å². The van der Waals surface area contributed by atoms with Gasteiger partial charge in [-0.05, 0) is 37.1 Å². The average Bonchev–Trinajstić information content (AvgIpc) is 3.09. The number of nitrogens with one attached hydrogen (secondary N) is 2. The summed E-state index contributed by atoms with van der Waals surface area (Å²) in [7, 11) is -3.78. The fourth-order valence-electron chi connectivity index (χ4n) is 4.00. The molecule has 31 heavy (non-hydrogen) atoms. The highest BCUT2D eigenvalue weighted by Crippen LogP contribution is 2.25. The van der Waals surface area contributed by atoms with Crippen LogP contribution in [0.2, 0.25) is 5.02 Å². The molecule has 8 nitrogen and oxygen atoms in total. The highest BCUT2D eigenvalue weighted by atomic mass is 35.5. The highest BCUT2D eigenvalue weighted by molar-refractivity contribution is 7.89. The monoisotopic (exact) mass is 462 g/mol. The standard InChI is InChI=1S/C21H23ClN4O4S/c22-16-5-1-4-8-19(16)31(29,30)23-12-9-20(27)25-13-10-15(11-14-25)26-18-7-3-2-6-17(18)24-21(26)28/h1-8,15,23H,9-14H2,(H,24,28). The molecule has 2 N–H and O–H groups in total. The third kappa shape index (κ3) is 4.53. The lowest BCUT2D eigenvalue weighted by molar-refractivity contribution is -0.132. The summed E-state index contributed by atoms with van der Waals surface area (Å²) in [5.74, 6) is -0.119. The molecule has 10 heteroatoms. The predicted molar refractivity (Wildman–Crippen MR) is 119 cm³/mol. The normalized spacial score (nSPS) is 15.5. The van der Waals surface area contributed by atoms with Gasteiger partial charge in [0, 0.05) is 32.1 Å². The molecule has 1 aliphatic rings. The predicted octanol–water partition coefficient (Wildman–Crippen LogP) is 2.52. The second-order valence-corrected chi connectivity index (χ2v) is 9.65. The number of sulfonamides is 1. The number of rotatable bonds is 6. The van der Waals surface area contributed by atoms with Crippen LogP contribution in [0.25, 0.3) is 11.0 Å². The van der Waals surface area contributed by atoms with Crippen molar-refractivity contribution in [1.29, 1.82) is 0 Å². The molecule has 1 amide bonds. The van der Waals surface area contributed by atoms with Gasteiger partial charge >= 0.3 is 5.69 Å². The van der Waals surface area contributed by atoms with Gasteiger partial charge in [-0.2, -0.15) is 0 Å². The summed E-state index contributed by atoms with van der Waals surface area (Å²) < 4.78 is 28.9. The van der Waals surface area contributed by atoms with Crippen molar-refractivity contribution < 1.29 is 13.2 Å². The van der Waals surface area contributed by atoms with Crippen molar-refractivity contribution in [3.05, 3.63) is 64.0 Å². The van der Waals surface area contributed by atoms with Crippen molar-refractivity contribution in [2.24, 2.45) is 0 Å². The molecular weight excluding hydrogens is 440 g/mol. The van der Waals surface area contributed by atoms with Crippen molar-refractivity contribution in [2.75, 3.05) is 19.6 Å². The fraction of sp³-hybridized carbons (Fsp3) is 0.333. The van der Waals surface area contributed by atoms with Crippen LogP contribution in [0, 0.1) is 0 Å². The zero-order valence-electron chi connectivity index (χ0n) is 16.8. The van der Waals surface area contributed by atoms with Crippen LogP contribution in [0.15, 0.2) is 58.2 Å². The lowest BCUT2D eigenvalue weighted by Gasteiger charge is -2.32. The first kappa shape index (κ1) is 21.6. The maximum absolute atomic E-state index is 12.6. The molecule has 1 aliphatic heterocycles. The minimum absolute atomic E-state index is 0.00546. The third-order valence-corrected chi connectivity index (χ3v) is 7.52. The van der Waals surface area contributed by atoms with Gasteiger partial charge in [0.1, 0.15) is 4.90 Å². The number of nitrogens with zero attached hydrogens (tertiary/aromatic N) is 2. The van der Waals surface area contributed by atoms with E-state index in [1.54, 1.807) is 21.6 Å². The molecule has 2 heterocycles. The molecule has 1 aromatic heterocycles. The van der Waals surface area contributed by atoms with Crippen LogP contribution in [-0.4, -0.2) is 48.4 Å². The van der Waals surface area contributed by atoms with E-state index in [0.717, 1.165) is 11.0 Å². The first-order chi connectivity index (χ1) is 14.9. The number of imidazole rings is 1. The lowest BCUT2D eigenvalue weighted by atomic mass is 10.0. The largest absolute Gasteiger partial charge is 0.343 e. The van der Waals surface area contributed by atoms with Crippen molar-refractivity contribution in [2.45, 2.75) is 30.2 Å². The van der Waals surface area contributed by atoms with E-state index in [1.807, 2.05) is 24.3 Å². The first-order valence-electron chi connectivity index (χ1n) is 10.1. The second-order valence-electron chi connectivity index (χ2n) is 7.51. The average molecular weight is 463 g/mol. The van der Waals surface area contributed by atoms with Gasteiger partial charge < -0.3 is 9.88 Å². The molecule has 0 spiro atoms. The number of hydrogen-bond donors (Lipinski definition) is 2. The van der Waals surface area contributed by atoms with Crippen LogP contribution < -0.4 is 10.4 Å². The van der Waals surface area contributed by atoms with Crippen molar-refractivity contribution in [3.8, 4) is 0 Å². The smallest absolute Gasteiger partial charge is 0.326 e. The molecule has 0 radical (unpaired) electrons. The zero-order chi connectivity index (χ0) is 22.0. The number of carbonyl (C=O) groups excluding carboxylic acids is 1. The van der Waals surface area contributed by atoms with Crippen molar-refractivity contribution in [3.63, 3.8) is 0 Å². The van der Waals surface area contributed by atoms with Gasteiger partial charge in [-0.1, -0.05) is 35.9 Å². The molecule has 3 aromatic rings. The van der Waals surface area contributed by atoms with Crippen LogP contribution in [0.4, 0.5) is 0 Å².